The highest BCUT2D eigenvalue weighted by Crippen LogP contribution is 2.38. The number of rotatable bonds is 7. The highest BCUT2D eigenvalue weighted by Gasteiger charge is 2.28. The molecule has 1 aromatic carbocycles. The van der Waals surface area contributed by atoms with Crippen molar-refractivity contribution in [1.29, 1.82) is 0 Å². The number of aromatic nitrogens is 2. The molecule has 9 heteroatoms. The van der Waals surface area contributed by atoms with Crippen molar-refractivity contribution in [3.8, 4) is 11.4 Å². The average Bonchev–Trinajstić information content (AvgIpc) is 3.42. The van der Waals surface area contributed by atoms with E-state index < -0.39 is 23.9 Å². The van der Waals surface area contributed by atoms with Gasteiger partial charge in [0.2, 0.25) is 0 Å². The van der Waals surface area contributed by atoms with E-state index >= 15 is 0 Å². The first-order valence-corrected chi connectivity index (χ1v) is 12.2. The summed E-state index contributed by atoms with van der Waals surface area (Å²) >= 11 is 1.41. The lowest BCUT2D eigenvalue weighted by molar-refractivity contribution is -0.123. The van der Waals surface area contributed by atoms with Crippen molar-refractivity contribution in [1.82, 2.24) is 9.97 Å². The Morgan fingerprint density at radius 2 is 1.88 bits per heavy atom. The van der Waals surface area contributed by atoms with E-state index in [9.17, 15) is 14.4 Å². The van der Waals surface area contributed by atoms with E-state index in [1.807, 2.05) is 0 Å². The number of ether oxygens (including phenoxy) is 2. The first-order valence-electron chi connectivity index (χ1n) is 11.4. The fourth-order valence-electron chi connectivity index (χ4n) is 3.93. The van der Waals surface area contributed by atoms with Crippen molar-refractivity contribution in [2.24, 2.45) is 0 Å². The summed E-state index contributed by atoms with van der Waals surface area (Å²) in [4.78, 5) is 46.4. The predicted octanol–water partition coefficient (Wildman–Crippen LogP) is 4.77. The van der Waals surface area contributed by atoms with E-state index in [4.69, 9.17) is 9.47 Å². The summed E-state index contributed by atoms with van der Waals surface area (Å²) in [6.07, 6.45) is 7.14. The fraction of sp³-hybridized carbons (Fsp3) is 0.360. The summed E-state index contributed by atoms with van der Waals surface area (Å²) in [5.41, 5.74) is 2.56. The zero-order chi connectivity index (χ0) is 24.1. The number of carbonyl (C=O) groups is 3. The molecule has 3 aromatic rings. The molecule has 0 saturated carbocycles. The van der Waals surface area contributed by atoms with Gasteiger partial charge < -0.3 is 19.8 Å². The van der Waals surface area contributed by atoms with Gasteiger partial charge in [0, 0.05) is 22.8 Å². The van der Waals surface area contributed by atoms with E-state index in [1.54, 1.807) is 43.6 Å². The third-order valence-corrected chi connectivity index (χ3v) is 6.89. The lowest BCUT2D eigenvalue weighted by atomic mass is 10.1. The molecule has 1 amide bonds. The van der Waals surface area contributed by atoms with E-state index in [0.717, 1.165) is 48.1 Å². The van der Waals surface area contributed by atoms with Gasteiger partial charge in [-0.25, -0.2) is 14.6 Å². The van der Waals surface area contributed by atoms with Crippen LogP contribution in [0.2, 0.25) is 0 Å². The molecular weight excluding hydrogens is 454 g/mol. The number of H-pyrrole nitrogens is 1. The number of nitrogens with zero attached hydrogens (tertiary/aromatic N) is 1. The fourth-order valence-corrected chi connectivity index (χ4v) is 5.21. The maximum absolute atomic E-state index is 12.9. The van der Waals surface area contributed by atoms with Crippen LogP contribution < -0.4 is 5.32 Å². The summed E-state index contributed by atoms with van der Waals surface area (Å²) in [7, 11) is 0. The number of amides is 1. The Bertz CT molecular complexity index is 1170. The first-order chi connectivity index (χ1) is 16.5. The smallest absolute Gasteiger partial charge is 0.341 e. The van der Waals surface area contributed by atoms with Gasteiger partial charge in [0.1, 0.15) is 10.8 Å². The topological polar surface area (TPSA) is 110 Å². The normalized spacial score (nSPS) is 13.9. The second-order valence-corrected chi connectivity index (χ2v) is 9.15. The van der Waals surface area contributed by atoms with Gasteiger partial charge in [0.15, 0.2) is 6.10 Å². The zero-order valence-corrected chi connectivity index (χ0v) is 20.0. The number of fused-ring (bicyclic) bond motifs is 1. The molecule has 0 fully saturated rings. The molecule has 2 heterocycles. The number of aromatic amines is 1. The molecule has 2 N–H and O–H groups in total. The minimum absolute atomic E-state index is 0.254. The van der Waals surface area contributed by atoms with Crippen LogP contribution in [-0.2, 0) is 27.1 Å². The molecule has 4 rings (SSSR count). The Morgan fingerprint density at radius 3 is 2.59 bits per heavy atom. The molecule has 8 nitrogen and oxygen atoms in total. The first kappa shape index (κ1) is 23.7. The van der Waals surface area contributed by atoms with Gasteiger partial charge in [-0.05, 0) is 57.2 Å². The minimum Gasteiger partial charge on any atom is -0.462 e. The molecule has 0 radical (unpaired) electrons. The van der Waals surface area contributed by atoms with Gasteiger partial charge in [-0.3, -0.25) is 4.79 Å². The van der Waals surface area contributed by atoms with Crippen molar-refractivity contribution in [3.05, 3.63) is 58.2 Å². The third-order valence-electron chi connectivity index (χ3n) is 5.68. The van der Waals surface area contributed by atoms with Crippen LogP contribution in [0.4, 0.5) is 5.00 Å². The number of imidazole rings is 1. The summed E-state index contributed by atoms with van der Waals surface area (Å²) in [5, 5.41) is 3.26. The van der Waals surface area contributed by atoms with Crippen LogP contribution in [0.5, 0.6) is 0 Å². The van der Waals surface area contributed by atoms with Crippen molar-refractivity contribution >= 4 is 34.2 Å². The van der Waals surface area contributed by atoms with Crippen LogP contribution in [0, 0.1) is 0 Å². The quantitative estimate of drug-likeness (QED) is 0.372. The Kier molecular flexibility index (Phi) is 7.42. The van der Waals surface area contributed by atoms with Gasteiger partial charge in [-0.2, -0.15) is 0 Å². The lowest BCUT2D eigenvalue weighted by Crippen LogP contribution is -2.30. The second kappa shape index (κ2) is 10.6. The molecule has 1 aliphatic carbocycles. The van der Waals surface area contributed by atoms with Gasteiger partial charge in [-0.15, -0.1) is 11.3 Å². The molecule has 0 saturated heterocycles. The number of carbonyl (C=O) groups excluding carboxylic acids is 3. The summed E-state index contributed by atoms with van der Waals surface area (Å²) in [6.45, 7) is 3.51. The highest BCUT2D eigenvalue weighted by atomic mass is 32.1. The second-order valence-electron chi connectivity index (χ2n) is 8.04. The third kappa shape index (κ3) is 5.20. The molecule has 0 spiro atoms. The van der Waals surface area contributed by atoms with Crippen molar-refractivity contribution in [3.63, 3.8) is 0 Å². The predicted molar refractivity (Wildman–Crippen MR) is 129 cm³/mol. The number of nitrogens with one attached hydrogen (secondary N) is 2. The van der Waals surface area contributed by atoms with Crippen molar-refractivity contribution in [2.45, 2.75) is 52.1 Å². The minimum atomic E-state index is -1.05. The number of thiophene rings is 1. The van der Waals surface area contributed by atoms with Crippen molar-refractivity contribution in [2.75, 3.05) is 11.9 Å². The zero-order valence-electron chi connectivity index (χ0n) is 19.2. The molecule has 1 unspecified atom stereocenters. The van der Waals surface area contributed by atoms with Gasteiger partial charge in [0.05, 0.1) is 17.7 Å². The van der Waals surface area contributed by atoms with Crippen LogP contribution >= 0.6 is 11.3 Å². The lowest BCUT2D eigenvalue weighted by Gasteiger charge is -2.14. The van der Waals surface area contributed by atoms with E-state index in [0.29, 0.717) is 22.0 Å². The Morgan fingerprint density at radius 1 is 1.12 bits per heavy atom. The Balaban J connectivity index is 1.45. The van der Waals surface area contributed by atoms with Gasteiger partial charge >= 0.3 is 11.9 Å². The average molecular weight is 482 g/mol. The number of esters is 2. The molecule has 0 aliphatic heterocycles. The van der Waals surface area contributed by atoms with Crippen LogP contribution in [0.15, 0.2) is 36.7 Å². The standard InChI is InChI=1S/C25H27N3O5S/c1-3-32-25(31)20-18-7-5-4-6-8-19(18)34-23(20)28-22(29)15(2)33-24(30)17-11-9-16(10-12-17)21-26-13-14-27-21/h9-15H,3-8H2,1-2H3,(H,26,27)(H,28,29). The largest absolute Gasteiger partial charge is 0.462 e. The van der Waals surface area contributed by atoms with E-state index in [2.05, 4.69) is 15.3 Å². The van der Waals surface area contributed by atoms with Gasteiger partial charge in [-0.1, -0.05) is 18.6 Å². The summed E-state index contributed by atoms with van der Waals surface area (Å²) < 4.78 is 10.6. The molecule has 178 valence electrons. The summed E-state index contributed by atoms with van der Waals surface area (Å²) in [5.74, 6) is -0.846. The Labute approximate surface area is 201 Å². The summed E-state index contributed by atoms with van der Waals surface area (Å²) in [6, 6.07) is 6.76. The molecule has 34 heavy (non-hydrogen) atoms. The number of aryl methyl sites for hydroxylation is 1. The monoisotopic (exact) mass is 481 g/mol. The SMILES string of the molecule is CCOC(=O)c1c(NC(=O)C(C)OC(=O)c2ccc(-c3ncc[nH]3)cc2)sc2c1CCCCC2. The van der Waals surface area contributed by atoms with Crippen LogP contribution in [0.1, 0.15) is 64.3 Å². The highest BCUT2D eigenvalue weighted by molar-refractivity contribution is 7.17. The maximum Gasteiger partial charge on any atom is 0.341 e. The number of hydrogen-bond donors (Lipinski definition) is 2. The molecule has 1 aliphatic rings. The van der Waals surface area contributed by atoms with E-state index in [1.165, 1.54) is 18.3 Å². The molecule has 1 atom stereocenters. The van der Waals surface area contributed by atoms with Crippen LogP contribution in [0.3, 0.4) is 0 Å². The number of hydrogen-bond acceptors (Lipinski definition) is 7. The van der Waals surface area contributed by atoms with Gasteiger partial charge in [0.25, 0.3) is 5.91 Å². The molecular formula is C25H27N3O5S. The number of anilines is 1. The Hall–Kier alpha value is -3.46. The van der Waals surface area contributed by atoms with Crippen LogP contribution in [0.25, 0.3) is 11.4 Å². The van der Waals surface area contributed by atoms with Crippen LogP contribution in [-0.4, -0.2) is 40.5 Å². The molecule has 2 aromatic heterocycles. The number of benzene rings is 1. The van der Waals surface area contributed by atoms with Crippen molar-refractivity contribution < 1.29 is 23.9 Å². The maximum atomic E-state index is 12.9. The molecule has 0 bridgehead atoms. The van der Waals surface area contributed by atoms with E-state index in [-0.39, 0.29) is 6.61 Å².